The monoisotopic (exact) mass is 286 g/mol. The Labute approximate surface area is 123 Å². The Morgan fingerprint density at radius 3 is 2.48 bits per heavy atom. The fourth-order valence-corrected chi connectivity index (χ4v) is 1.71. The summed E-state index contributed by atoms with van der Waals surface area (Å²) in [7, 11) is 0. The smallest absolute Gasteiger partial charge is 0.335 e. The van der Waals surface area contributed by atoms with Crippen LogP contribution in [0.3, 0.4) is 0 Å². The van der Waals surface area contributed by atoms with E-state index in [2.05, 4.69) is 29.5 Å². The highest BCUT2D eigenvalue weighted by Gasteiger charge is 2.05. The highest BCUT2D eigenvalue weighted by Crippen LogP contribution is 2.11. The molecule has 2 rings (SSSR count). The minimum atomic E-state index is -0.942. The quantitative estimate of drug-likeness (QED) is 0.654. The number of anilines is 1. The number of nitrogens with one attached hydrogen (secondary N) is 1. The van der Waals surface area contributed by atoms with Gasteiger partial charge in [-0.1, -0.05) is 0 Å². The number of nitrogens with zero attached hydrogens (tertiary/aromatic N) is 3. The van der Waals surface area contributed by atoms with Crippen molar-refractivity contribution in [2.45, 2.75) is 26.8 Å². The number of hydrogen-bond donors (Lipinski definition) is 2. The molecule has 0 bridgehead atoms. The molecule has 0 saturated heterocycles. The zero-order chi connectivity index (χ0) is 15.4. The summed E-state index contributed by atoms with van der Waals surface area (Å²) in [5.74, 6) is -0.942. The van der Waals surface area contributed by atoms with Gasteiger partial charge in [-0.2, -0.15) is 10.2 Å². The molecule has 6 nitrogen and oxygen atoms in total. The second kappa shape index (κ2) is 6.21. The molecule has 0 unspecified atom stereocenters. The summed E-state index contributed by atoms with van der Waals surface area (Å²) in [5, 5.41) is 17.4. The van der Waals surface area contributed by atoms with Gasteiger partial charge >= 0.3 is 5.97 Å². The number of hydrogen-bond acceptors (Lipinski definition) is 4. The van der Waals surface area contributed by atoms with Gasteiger partial charge in [-0.25, -0.2) is 4.79 Å². The Morgan fingerprint density at radius 1 is 1.29 bits per heavy atom. The molecule has 21 heavy (non-hydrogen) atoms. The van der Waals surface area contributed by atoms with Crippen LogP contribution in [0.5, 0.6) is 0 Å². The molecule has 0 aliphatic rings. The zero-order valence-electron chi connectivity index (χ0n) is 12.2. The lowest BCUT2D eigenvalue weighted by molar-refractivity contribution is 0.0697. The first-order chi connectivity index (χ1) is 9.97. The van der Waals surface area contributed by atoms with Crippen LogP contribution in [-0.4, -0.2) is 26.6 Å². The molecule has 0 radical (unpaired) electrons. The lowest BCUT2D eigenvalue weighted by atomic mass is 10.2. The van der Waals surface area contributed by atoms with E-state index in [0.29, 0.717) is 6.04 Å². The van der Waals surface area contributed by atoms with E-state index in [1.807, 2.05) is 17.8 Å². The van der Waals surface area contributed by atoms with Crippen LogP contribution in [0.2, 0.25) is 0 Å². The van der Waals surface area contributed by atoms with Crippen molar-refractivity contribution in [3.63, 3.8) is 0 Å². The maximum absolute atomic E-state index is 10.8. The summed E-state index contributed by atoms with van der Waals surface area (Å²) in [6.45, 7) is 6.01. The Bertz CT molecular complexity index is 657. The molecule has 1 aromatic heterocycles. The first-order valence-electron chi connectivity index (χ1n) is 6.65. The van der Waals surface area contributed by atoms with E-state index in [4.69, 9.17) is 5.11 Å². The van der Waals surface area contributed by atoms with Crippen molar-refractivity contribution in [2.24, 2.45) is 5.10 Å². The standard InChI is InChI=1S/C15H18N4O2/c1-10(2)19-9-13(8-16-19)11(3)17-18-14-6-4-12(5-7-14)15(20)21/h4-10,18H,1-3H3,(H,20,21). The average Bonchev–Trinajstić information content (AvgIpc) is 2.95. The molecule has 0 aliphatic carbocycles. The highest BCUT2D eigenvalue weighted by atomic mass is 16.4. The van der Waals surface area contributed by atoms with Crippen molar-refractivity contribution >= 4 is 17.4 Å². The first kappa shape index (κ1) is 14.8. The number of aromatic nitrogens is 2. The average molecular weight is 286 g/mol. The zero-order valence-corrected chi connectivity index (χ0v) is 12.2. The van der Waals surface area contributed by atoms with E-state index in [9.17, 15) is 4.79 Å². The molecule has 1 heterocycles. The molecule has 1 aromatic carbocycles. The number of aromatic carboxylic acids is 1. The highest BCUT2D eigenvalue weighted by molar-refractivity contribution is 5.98. The molecule has 0 spiro atoms. The van der Waals surface area contributed by atoms with Gasteiger partial charge in [0.15, 0.2) is 0 Å². The molecule has 6 heteroatoms. The van der Waals surface area contributed by atoms with E-state index in [-0.39, 0.29) is 5.56 Å². The van der Waals surface area contributed by atoms with E-state index in [0.717, 1.165) is 17.0 Å². The SMILES string of the molecule is CC(=NNc1ccc(C(=O)O)cc1)c1cnn(C(C)C)c1. The molecule has 110 valence electrons. The minimum Gasteiger partial charge on any atom is -0.478 e. The maximum Gasteiger partial charge on any atom is 0.335 e. The summed E-state index contributed by atoms with van der Waals surface area (Å²) in [4.78, 5) is 10.8. The van der Waals surface area contributed by atoms with Gasteiger partial charge in [0.25, 0.3) is 0 Å². The fraction of sp³-hybridized carbons (Fsp3) is 0.267. The first-order valence-corrected chi connectivity index (χ1v) is 6.65. The van der Waals surface area contributed by atoms with E-state index >= 15 is 0 Å². The molecular weight excluding hydrogens is 268 g/mol. The van der Waals surface area contributed by atoms with Crippen LogP contribution in [0.1, 0.15) is 42.7 Å². The molecule has 0 amide bonds. The summed E-state index contributed by atoms with van der Waals surface area (Å²) < 4.78 is 1.87. The van der Waals surface area contributed by atoms with Gasteiger partial charge in [-0.15, -0.1) is 0 Å². The summed E-state index contributed by atoms with van der Waals surface area (Å²) in [5.41, 5.74) is 5.64. The number of rotatable bonds is 5. The number of benzene rings is 1. The molecule has 0 fully saturated rings. The van der Waals surface area contributed by atoms with E-state index < -0.39 is 5.97 Å². The Kier molecular flexibility index (Phi) is 4.37. The van der Waals surface area contributed by atoms with Crippen LogP contribution < -0.4 is 5.43 Å². The number of carboxylic acid groups (broad SMARTS) is 1. The predicted molar refractivity (Wildman–Crippen MR) is 81.8 cm³/mol. The van der Waals surface area contributed by atoms with Crippen LogP contribution in [0.25, 0.3) is 0 Å². The third kappa shape index (κ3) is 3.68. The molecule has 0 atom stereocenters. The molecule has 2 aromatic rings. The van der Waals surface area contributed by atoms with Crippen LogP contribution in [0.4, 0.5) is 5.69 Å². The maximum atomic E-state index is 10.8. The van der Waals surface area contributed by atoms with Crippen LogP contribution in [0.15, 0.2) is 41.8 Å². The second-order valence-electron chi connectivity index (χ2n) is 4.99. The molecule has 0 aliphatic heterocycles. The van der Waals surface area contributed by atoms with Gasteiger partial charge in [-0.3, -0.25) is 10.1 Å². The van der Waals surface area contributed by atoms with Crippen molar-refractivity contribution in [1.82, 2.24) is 9.78 Å². The van der Waals surface area contributed by atoms with E-state index in [1.54, 1.807) is 18.3 Å². The van der Waals surface area contributed by atoms with Crippen molar-refractivity contribution in [1.29, 1.82) is 0 Å². The fourth-order valence-electron chi connectivity index (χ4n) is 1.71. The number of hydrazone groups is 1. The van der Waals surface area contributed by atoms with Gasteiger partial charge < -0.3 is 5.11 Å². The third-order valence-electron chi connectivity index (χ3n) is 3.03. The van der Waals surface area contributed by atoms with Gasteiger partial charge in [0, 0.05) is 17.8 Å². The number of carboxylic acids is 1. The van der Waals surface area contributed by atoms with Gasteiger partial charge in [0.2, 0.25) is 0 Å². The van der Waals surface area contributed by atoms with Crippen molar-refractivity contribution in [3.8, 4) is 0 Å². The van der Waals surface area contributed by atoms with Crippen LogP contribution in [-0.2, 0) is 0 Å². The second-order valence-corrected chi connectivity index (χ2v) is 4.99. The molecule has 2 N–H and O–H groups in total. The lowest BCUT2D eigenvalue weighted by Crippen LogP contribution is -2.01. The lowest BCUT2D eigenvalue weighted by Gasteiger charge is -2.04. The molecule has 0 saturated carbocycles. The van der Waals surface area contributed by atoms with E-state index in [1.165, 1.54) is 12.1 Å². The predicted octanol–water partition coefficient (Wildman–Crippen LogP) is 3.00. The Morgan fingerprint density at radius 2 is 1.95 bits per heavy atom. The van der Waals surface area contributed by atoms with Gasteiger partial charge in [0.05, 0.1) is 23.2 Å². The van der Waals surface area contributed by atoms with Gasteiger partial charge in [0.1, 0.15) is 0 Å². The summed E-state index contributed by atoms with van der Waals surface area (Å²) in [6, 6.07) is 6.73. The normalized spacial score (nSPS) is 11.7. The van der Waals surface area contributed by atoms with Crippen molar-refractivity contribution < 1.29 is 9.90 Å². The topological polar surface area (TPSA) is 79.5 Å². The summed E-state index contributed by atoms with van der Waals surface area (Å²) in [6.07, 6.45) is 3.72. The van der Waals surface area contributed by atoms with Crippen molar-refractivity contribution in [3.05, 3.63) is 47.8 Å². The van der Waals surface area contributed by atoms with Crippen LogP contribution in [0, 0.1) is 0 Å². The van der Waals surface area contributed by atoms with Crippen molar-refractivity contribution in [2.75, 3.05) is 5.43 Å². The molecular formula is C15H18N4O2. The largest absolute Gasteiger partial charge is 0.478 e. The Hall–Kier alpha value is -2.63. The Balaban J connectivity index is 2.07. The minimum absolute atomic E-state index is 0.250. The third-order valence-corrected chi connectivity index (χ3v) is 3.03. The summed E-state index contributed by atoms with van der Waals surface area (Å²) >= 11 is 0. The van der Waals surface area contributed by atoms with Gasteiger partial charge in [-0.05, 0) is 45.0 Å². The number of carbonyl (C=O) groups is 1. The van der Waals surface area contributed by atoms with Crippen LogP contribution >= 0.6 is 0 Å².